The third-order valence-corrected chi connectivity index (χ3v) is 6.00. The Morgan fingerprint density at radius 2 is 2.00 bits per heavy atom. The first-order valence-electron chi connectivity index (χ1n) is 9.21. The number of anilines is 1. The SMILES string of the molecule is COc1cc2c(cc1NC(=O)[C@H](C)[NH+](C)Cc1cccs1)oc1ccccc12. The van der Waals surface area contributed by atoms with E-state index >= 15 is 0 Å². The number of quaternary nitrogens is 1. The Morgan fingerprint density at radius 3 is 2.75 bits per heavy atom. The van der Waals surface area contributed by atoms with Crippen molar-refractivity contribution in [2.45, 2.75) is 19.5 Å². The number of amides is 1. The highest BCUT2D eigenvalue weighted by Gasteiger charge is 2.24. The van der Waals surface area contributed by atoms with E-state index in [0.717, 1.165) is 33.4 Å². The quantitative estimate of drug-likeness (QED) is 0.523. The van der Waals surface area contributed by atoms with Gasteiger partial charge in [0, 0.05) is 16.8 Å². The predicted octanol–water partition coefficient (Wildman–Crippen LogP) is 3.70. The molecule has 0 aliphatic heterocycles. The molecule has 1 amide bonds. The van der Waals surface area contributed by atoms with Gasteiger partial charge in [0.1, 0.15) is 23.5 Å². The van der Waals surface area contributed by atoms with Gasteiger partial charge >= 0.3 is 0 Å². The Hall–Kier alpha value is -2.83. The summed E-state index contributed by atoms with van der Waals surface area (Å²) in [6.07, 6.45) is 0. The summed E-state index contributed by atoms with van der Waals surface area (Å²) in [5.41, 5.74) is 2.16. The van der Waals surface area contributed by atoms with Gasteiger partial charge in [-0.2, -0.15) is 0 Å². The van der Waals surface area contributed by atoms with Crippen LogP contribution in [0.3, 0.4) is 0 Å². The fourth-order valence-electron chi connectivity index (χ4n) is 3.32. The van der Waals surface area contributed by atoms with Crippen molar-refractivity contribution in [1.29, 1.82) is 0 Å². The number of fused-ring (bicyclic) bond motifs is 3. The summed E-state index contributed by atoms with van der Waals surface area (Å²) >= 11 is 1.71. The largest absolute Gasteiger partial charge is 0.495 e. The average Bonchev–Trinajstić information content (AvgIpc) is 3.33. The van der Waals surface area contributed by atoms with Gasteiger partial charge in [0.25, 0.3) is 5.91 Å². The topological polar surface area (TPSA) is 55.9 Å². The van der Waals surface area contributed by atoms with Crippen LogP contribution in [0.5, 0.6) is 5.75 Å². The number of ether oxygens (including phenoxy) is 1. The maximum Gasteiger partial charge on any atom is 0.282 e. The van der Waals surface area contributed by atoms with Gasteiger partial charge in [0.15, 0.2) is 6.04 Å². The second-order valence-corrected chi connectivity index (χ2v) is 7.99. The lowest BCUT2D eigenvalue weighted by Crippen LogP contribution is -3.12. The summed E-state index contributed by atoms with van der Waals surface area (Å²) in [6, 6.07) is 15.6. The van der Waals surface area contributed by atoms with E-state index in [9.17, 15) is 4.79 Å². The van der Waals surface area contributed by atoms with Crippen LogP contribution in [0, 0.1) is 0 Å². The number of methoxy groups -OCH3 is 1. The van der Waals surface area contributed by atoms with Crippen molar-refractivity contribution >= 4 is 44.9 Å². The third-order valence-electron chi connectivity index (χ3n) is 5.12. The van der Waals surface area contributed by atoms with Crippen molar-refractivity contribution in [1.82, 2.24) is 0 Å². The Balaban J connectivity index is 1.59. The van der Waals surface area contributed by atoms with Gasteiger partial charge in [-0.1, -0.05) is 24.3 Å². The molecule has 0 spiro atoms. The number of thiophene rings is 1. The molecule has 2 aromatic heterocycles. The van der Waals surface area contributed by atoms with Gasteiger partial charge < -0.3 is 19.4 Å². The van der Waals surface area contributed by atoms with E-state index in [-0.39, 0.29) is 11.9 Å². The number of benzene rings is 2. The molecule has 4 aromatic rings. The second-order valence-electron chi connectivity index (χ2n) is 6.96. The molecule has 5 nitrogen and oxygen atoms in total. The predicted molar refractivity (Wildman–Crippen MR) is 113 cm³/mol. The minimum atomic E-state index is -0.210. The third kappa shape index (κ3) is 3.48. The van der Waals surface area contributed by atoms with Crippen molar-refractivity contribution in [3.05, 3.63) is 58.8 Å². The number of hydrogen-bond acceptors (Lipinski definition) is 4. The van der Waals surface area contributed by atoms with E-state index in [4.69, 9.17) is 9.15 Å². The standard InChI is InChI=1S/C22H22N2O3S/c1-14(24(2)13-15-7-6-10-28-15)22(25)23-18-12-20-17(11-21(18)26-3)16-8-4-5-9-19(16)27-20/h4-12,14H,13H2,1-3H3,(H,23,25)/p+1/t14-/m0/s1. The lowest BCUT2D eigenvalue weighted by Gasteiger charge is -2.21. The summed E-state index contributed by atoms with van der Waals surface area (Å²) in [4.78, 5) is 15.2. The highest BCUT2D eigenvalue weighted by atomic mass is 32.1. The summed E-state index contributed by atoms with van der Waals surface area (Å²) < 4.78 is 11.5. The van der Waals surface area contributed by atoms with E-state index in [1.165, 1.54) is 4.88 Å². The van der Waals surface area contributed by atoms with Crippen LogP contribution in [0.2, 0.25) is 0 Å². The van der Waals surface area contributed by atoms with Crippen molar-refractivity contribution in [3.63, 3.8) is 0 Å². The van der Waals surface area contributed by atoms with Crippen LogP contribution in [0.4, 0.5) is 5.69 Å². The molecule has 2 atom stereocenters. The van der Waals surface area contributed by atoms with Crippen molar-refractivity contribution in [2.75, 3.05) is 19.5 Å². The molecule has 4 rings (SSSR count). The van der Waals surface area contributed by atoms with Crippen LogP contribution in [-0.2, 0) is 11.3 Å². The van der Waals surface area contributed by atoms with Crippen LogP contribution in [0.25, 0.3) is 21.9 Å². The monoisotopic (exact) mass is 395 g/mol. The molecular weight excluding hydrogens is 372 g/mol. The number of para-hydroxylation sites is 1. The first-order chi connectivity index (χ1) is 13.6. The number of rotatable bonds is 6. The summed E-state index contributed by atoms with van der Waals surface area (Å²) in [6.45, 7) is 2.75. The molecule has 0 fully saturated rings. The number of carbonyl (C=O) groups is 1. The van der Waals surface area contributed by atoms with Crippen molar-refractivity contribution in [2.24, 2.45) is 0 Å². The molecule has 0 radical (unpaired) electrons. The fourth-order valence-corrected chi connectivity index (χ4v) is 4.12. The molecule has 28 heavy (non-hydrogen) atoms. The van der Waals surface area contributed by atoms with E-state index < -0.39 is 0 Å². The first-order valence-corrected chi connectivity index (χ1v) is 10.1. The zero-order valence-corrected chi connectivity index (χ0v) is 16.9. The Labute approximate surface area is 167 Å². The Bertz CT molecular complexity index is 1120. The molecule has 0 aliphatic rings. The van der Waals surface area contributed by atoms with Crippen LogP contribution < -0.4 is 15.0 Å². The first kappa shape index (κ1) is 18.5. The number of nitrogens with one attached hydrogen (secondary N) is 2. The molecule has 0 aliphatic carbocycles. The van der Waals surface area contributed by atoms with E-state index in [2.05, 4.69) is 16.8 Å². The van der Waals surface area contributed by atoms with Crippen LogP contribution in [0.1, 0.15) is 11.8 Å². The molecule has 0 bridgehead atoms. The highest BCUT2D eigenvalue weighted by molar-refractivity contribution is 7.09. The van der Waals surface area contributed by atoms with Crippen LogP contribution in [-0.4, -0.2) is 26.1 Å². The summed E-state index contributed by atoms with van der Waals surface area (Å²) in [5.74, 6) is 0.568. The van der Waals surface area contributed by atoms with Crippen LogP contribution >= 0.6 is 11.3 Å². The van der Waals surface area contributed by atoms with E-state index in [1.807, 2.05) is 56.4 Å². The number of carbonyl (C=O) groups excluding carboxylic acids is 1. The average molecular weight is 396 g/mol. The minimum absolute atomic E-state index is 0.0529. The molecule has 6 heteroatoms. The van der Waals surface area contributed by atoms with Gasteiger partial charge in [0.05, 0.1) is 24.7 Å². The van der Waals surface area contributed by atoms with E-state index in [0.29, 0.717) is 11.4 Å². The summed E-state index contributed by atoms with van der Waals surface area (Å²) in [5, 5.41) is 7.07. The molecule has 1 unspecified atom stereocenters. The molecule has 2 heterocycles. The Morgan fingerprint density at radius 1 is 1.18 bits per heavy atom. The van der Waals surface area contributed by atoms with Crippen LogP contribution in [0.15, 0.2) is 58.3 Å². The normalized spacial score (nSPS) is 13.5. The van der Waals surface area contributed by atoms with E-state index in [1.54, 1.807) is 18.4 Å². The van der Waals surface area contributed by atoms with Gasteiger partial charge in [-0.05, 0) is 30.5 Å². The smallest absolute Gasteiger partial charge is 0.282 e. The number of furan rings is 1. The molecule has 2 aromatic carbocycles. The lowest BCUT2D eigenvalue weighted by molar-refractivity contribution is -0.907. The van der Waals surface area contributed by atoms with Crippen molar-refractivity contribution < 1.29 is 18.8 Å². The highest BCUT2D eigenvalue weighted by Crippen LogP contribution is 2.36. The maximum absolute atomic E-state index is 12.8. The number of likely N-dealkylation sites (N-methyl/N-ethyl adjacent to an activating group) is 1. The zero-order chi connectivity index (χ0) is 19.7. The van der Waals surface area contributed by atoms with Gasteiger partial charge in [-0.25, -0.2) is 0 Å². The molecular formula is C22H23N2O3S+. The fraction of sp³-hybridized carbons (Fsp3) is 0.227. The Kier molecular flexibility index (Phi) is 5.07. The molecule has 2 N–H and O–H groups in total. The zero-order valence-electron chi connectivity index (χ0n) is 16.1. The minimum Gasteiger partial charge on any atom is -0.495 e. The van der Waals surface area contributed by atoms with Crippen molar-refractivity contribution in [3.8, 4) is 5.75 Å². The molecule has 0 saturated carbocycles. The maximum atomic E-state index is 12.8. The number of hydrogen-bond donors (Lipinski definition) is 2. The van der Waals surface area contributed by atoms with Gasteiger partial charge in [0.2, 0.25) is 0 Å². The second kappa shape index (κ2) is 7.66. The lowest BCUT2D eigenvalue weighted by atomic mass is 10.1. The summed E-state index contributed by atoms with van der Waals surface area (Å²) in [7, 11) is 3.64. The van der Waals surface area contributed by atoms with Gasteiger partial charge in [-0.3, -0.25) is 4.79 Å². The molecule has 144 valence electrons. The van der Waals surface area contributed by atoms with Gasteiger partial charge in [-0.15, -0.1) is 11.3 Å². The molecule has 0 saturated heterocycles.